The first-order valence-corrected chi connectivity index (χ1v) is 6.21. The Kier molecular flexibility index (Phi) is 4.99. The molecule has 1 rings (SSSR count). The lowest BCUT2D eigenvalue weighted by molar-refractivity contribution is -0.145. The number of carboxylic acids is 1. The van der Waals surface area contributed by atoms with Gasteiger partial charge in [0, 0.05) is 12.0 Å². The summed E-state index contributed by atoms with van der Waals surface area (Å²) in [6, 6.07) is 1.71. The van der Waals surface area contributed by atoms with Crippen molar-refractivity contribution in [1.82, 2.24) is 0 Å². The molecule has 0 saturated heterocycles. The van der Waals surface area contributed by atoms with Crippen molar-refractivity contribution in [2.45, 2.75) is 13.8 Å². The molecule has 0 radical (unpaired) electrons. The number of nitrogens with one attached hydrogen (secondary N) is 1. The van der Waals surface area contributed by atoms with Gasteiger partial charge in [-0.1, -0.05) is 13.8 Å². The summed E-state index contributed by atoms with van der Waals surface area (Å²) in [5, 5.41) is 11.0. The van der Waals surface area contributed by atoms with Crippen molar-refractivity contribution in [2.24, 2.45) is 11.8 Å². The number of aliphatic carboxylic acids is 1. The van der Waals surface area contributed by atoms with Gasteiger partial charge >= 0.3 is 5.97 Å². The fourth-order valence-electron chi connectivity index (χ4n) is 1.31. The van der Waals surface area contributed by atoms with E-state index in [0.29, 0.717) is 6.07 Å². The molecule has 2 N–H and O–H groups in total. The van der Waals surface area contributed by atoms with E-state index in [9.17, 15) is 18.4 Å². The van der Waals surface area contributed by atoms with Crippen LogP contribution in [-0.2, 0) is 9.59 Å². The molecule has 1 amide bonds. The highest BCUT2D eigenvalue weighted by Gasteiger charge is 2.26. The van der Waals surface area contributed by atoms with Gasteiger partial charge in [0.1, 0.15) is 11.6 Å². The fourth-order valence-corrected chi connectivity index (χ4v) is 1.65. The second kappa shape index (κ2) is 6.10. The van der Waals surface area contributed by atoms with Crippen molar-refractivity contribution in [3.63, 3.8) is 0 Å². The minimum atomic E-state index is -1.12. The van der Waals surface area contributed by atoms with Crippen LogP contribution in [0.4, 0.5) is 14.5 Å². The van der Waals surface area contributed by atoms with Gasteiger partial charge in [-0.15, -0.1) is 0 Å². The van der Waals surface area contributed by atoms with Crippen molar-refractivity contribution in [3.05, 3.63) is 28.2 Å². The Hall–Kier alpha value is -1.50. The van der Waals surface area contributed by atoms with Gasteiger partial charge in [0.25, 0.3) is 0 Å². The number of carbonyl (C=O) groups is 2. The molecule has 0 spiro atoms. The molecule has 0 aliphatic rings. The van der Waals surface area contributed by atoms with Crippen LogP contribution in [0.15, 0.2) is 16.6 Å². The summed E-state index contributed by atoms with van der Waals surface area (Å²) in [5.41, 5.74) is -0.206. The molecular formula is C12H12BrF2NO3. The predicted octanol–water partition coefficient (Wildman–Crippen LogP) is 3.02. The first kappa shape index (κ1) is 15.6. The number of hydrogen-bond donors (Lipinski definition) is 2. The lowest BCUT2D eigenvalue weighted by Gasteiger charge is -2.16. The SMILES string of the molecule is CC(C(=O)O)C(C)C(=O)Nc1cc(Br)c(F)cc1F. The zero-order valence-corrected chi connectivity index (χ0v) is 11.8. The molecule has 1 aromatic rings. The molecule has 2 atom stereocenters. The molecule has 0 saturated carbocycles. The second-order valence-electron chi connectivity index (χ2n) is 4.15. The van der Waals surface area contributed by atoms with Crippen molar-refractivity contribution >= 4 is 33.5 Å². The van der Waals surface area contributed by atoms with Gasteiger partial charge in [-0.2, -0.15) is 0 Å². The van der Waals surface area contributed by atoms with E-state index in [1.54, 1.807) is 0 Å². The summed E-state index contributed by atoms with van der Waals surface area (Å²) in [6.07, 6.45) is 0. The molecule has 104 valence electrons. The lowest BCUT2D eigenvalue weighted by atomic mass is 9.95. The molecule has 0 aliphatic carbocycles. The highest BCUT2D eigenvalue weighted by Crippen LogP contribution is 2.24. The zero-order valence-electron chi connectivity index (χ0n) is 10.2. The molecule has 4 nitrogen and oxygen atoms in total. The van der Waals surface area contributed by atoms with Gasteiger partial charge in [-0.3, -0.25) is 9.59 Å². The van der Waals surface area contributed by atoms with Crippen LogP contribution in [0, 0.1) is 23.5 Å². The van der Waals surface area contributed by atoms with Crippen LogP contribution < -0.4 is 5.32 Å². The molecule has 0 bridgehead atoms. The van der Waals surface area contributed by atoms with Crippen LogP contribution in [0.3, 0.4) is 0 Å². The van der Waals surface area contributed by atoms with Crippen LogP contribution in [0.5, 0.6) is 0 Å². The van der Waals surface area contributed by atoms with Gasteiger partial charge in [0.15, 0.2) is 0 Å². The third kappa shape index (κ3) is 3.73. The third-order valence-corrected chi connectivity index (χ3v) is 3.43. The first-order valence-electron chi connectivity index (χ1n) is 5.42. The Labute approximate surface area is 116 Å². The summed E-state index contributed by atoms with van der Waals surface area (Å²) in [6.45, 7) is 2.80. The van der Waals surface area contributed by atoms with E-state index in [1.807, 2.05) is 0 Å². The Morgan fingerprint density at radius 3 is 2.32 bits per heavy atom. The largest absolute Gasteiger partial charge is 0.481 e. The van der Waals surface area contributed by atoms with Crippen LogP contribution in [0.25, 0.3) is 0 Å². The summed E-state index contributed by atoms with van der Waals surface area (Å²) in [7, 11) is 0. The van der Waals surface area contributed by atoms with E-state index in [0.717, 1.165) is 6.07 Å². The van der Waals surface area contributed by atoms with E-state index in [4.69, 9.17) is 5.11 Å². The van der Waals surface area contributed by atoms with E-state index in [1.165, 1.54) is 13.8 Å². The minimum absolute atomic E-state index is 0.00290. The number of carbonyl (C=O) groups excluding carboxylic acids is 1. The Morgan fingerprint density at radius 2 is 1.79 bits per heavy atom. The second-order valence-corrected chi connectivity index (χ2v) is 5.01. The quantitative estimate of drug-likeness (QED) is 0.831. The standard InChI is InChI=1S/C12H12BrF2NO3/c1-5(6(2)12(18)19)11(17)16-10-3-7(13)8(14)4-9(10)15/h3-6H,1-2H3,(H,16,17)(H,18,19). The molecule has 2 unspecified atom stereocenters. The van der Waals surface area contributed by atoms with E-state index >= 15 is 0 Å². The summed E-state index contributed by atoms with van der Waals surface area (Å²) >= 11 is 2.87. The van der Waals surface area contributed by atoms with Gasteiger partial charge < -0.3 is 10.4 Å². The zero-order chi connectivity index (χ0) is 14.7. The number of carboxylic acid groups (broad SMARTS) is 1. The average molecular weight is 336 g/mol. The smallest absolute Gasteiger partial charge is 0.307 e. The maximum Gasteiger partial charge on any atom is 0.307 e. The fraction of sp³-hybridized carbons (Fsp3) is 0.333. The van der Waals surface area contributed by atoms with E-state index in [2.05, 4.69) is 21.2 Å². The Bertz CT molecular complexity index is 522. The Morgan fingerprint density at radius 1 is 1.21 bits per heavy atom. The van der Waals surface area contributed by atoms with E-state index in [-0.39, 0.29) is 10.2 Å². The van der Waals surface area contributed by atoms with Gasteiger partial charge in [0.2, 0.25) is 5.91 Å². The lowest BCUT2D eigenvalue weighted by Crippen LogP contribution is -2.30. The minimum Gasteiger partial charge on any atom is -0.481 e. The van der Waals surface area contributed by atoms with Crippen LogP contribution in [0.1, 0.15) is 13.8 Å². The van der Waals surface area contributed by atoms with Crippen LogP contribution in [-0.4, -0.2) is 17.0 Å². The molecule has 0 aromatic heterocycles. The van der Waals surface area contributed by atoms with Crippen molar-refractivity contribution in [3.8, 4) is 0 Å². The monoisotopic (exact) mass is 335 g/mol. The summed E-state index contributed by atoms with van der Waals surface area (Å²) < 4.78 is 26.4. The summed E-state index contributed by atoms with van der Waals surface area (Å²) in [4.78, 5) is 22.5. The first-order chi connectivity index (χ1) is 8.73. The number of benzene rings is 1. The molecular weight excluding hydrogens is 324 g/mol. The number of amides is 1. The van der Waals surface area contributed by atoms with Crippen LogP contribution >= 0.6 is 15.9 Å². The molecule has 0 fully saturated rings. The highest BCUT2D eigenvalue weighted by atomic mass is 79.9. The maximum atomic E-state index is 13.4. The van der Waals surface area contributed by atoms with Crippen molar-refractivity contribution in [2.75, 3.05) is 5.32 Å². The predicted molar refractivity (Wildman–Crippen MR) is 68.7 cm³/mol. The van der Waals surface area contributed by atoms with Gasteiger partial charge in [-0.25, -0.2) is 8.78 Å². The normalized spacial score (nSPS) is 13.7. The number of rotatable bonds is 4. The average Bonchev–Trinajstić information content (AvgIpc) is 2.33. The number of anilines is 1. The highest BCUT2D eigenvalue weighted by molar-refractivity contribution is 9.10. The number of hydrogen-bond acceptors (Lipinski definition) is 2. The molecule has 1 aromatic carbocycles. The van der Waals surface area contributed by atoms with Gasteiger partial charge in [-0.05, 0) is 22.0 Å². The van der Waals surface area contributed by atoms with E-state index < -0.39 is 35.3 Å². The van der Waals surface area contributed by atoms with Crippen molar-refractivity contribution in [1.29, 1.82) is 0 Å². The molecule has 7 heteroatoms. The molecule has 19 heavy (non-hydrogen) atoms. The third-order valence-electron chi connectivity index (χ3n) is 2.82. The maximum absolute atomic E-state index is 13.4. The van der Waals surface area contributed by atoms with Crippen LogP contribution in [0.2, 0.25) is 0 Å². The Balaban J connectivity index is 2.88. The topological polar surface area (TPSA) is 66.4 Å². The van der Waals surface area contributed by atoms with Gasteiger partial charge in [0.05, 0.1) is 16.1 Å². The number of halogens is 3. The van der Waals surface area contributed by atoms with Crippen molar-refractivity contribution < 1.29 is 23.5 Å². The molecule has 0 heterocycles. The summed E-state index contributed by atoms with van der Waals surface area (Å²) in [5.74, 6) is -5.24. The molecule has 0 aliphatic heterocycles.